The molecular weight excluding hydrogens is 400 g/mol. The van der Waals surface area contributed by atoms with E-state index >= 15 is 0 Å². The summed E-state index contributed by atoms with van der Waals surface area (Å²) in [5.74, 6) is -0.471. The first kappa shape index (κ1) is 22.9. The van der Waals surface area contributed by atoms with Gasteiger partial charge in [-0.3, -0.25) is 9.59 Å². The summed E-state index contributed by atoms with van der Waals surface area (Å²) in [6.45, 7) is 6.90. The zero-order chi connectivity index (χ0) is 23.3. The summed E-state index contributed by atoms with van der Waals surface area (Å²) in [5, 5.41) is 5.84. The Labute approximate surface area is 189 Å². The lowest BCUT2D eigenvalue weighted by Gasteiger charge is -2.21. The SMILES string of the molecule is CC(C)(C)c1cc(C(=O)NCc2ccc(N)cc2)cc(C(=O)NCc2ccc(N)cc2)c1. The number of carbonyl (C=O) groups excluding carboxylic acids is 2. The van der Waals surface area contributed by atoms with Crippen molar-refractivity contribution in [3.8, 4) is 0 Å². The zero-order valence-corrected chi connectivity index (χ0v) is 18.7. The second-order valence-electron chi connectivity index (χ2n) is 8.90. The van der Waals surface area contributed by atoms with Gasteiger partial charge < -0.3 is 22.1 Å². The molecule has 0 unspecified atom stereocenters. The van der Waals surface area contributed by atoms with E-state index in [1.165, 1.54) is 0 Å². The highest BCUT2D eigenvalue weighted by atomic mass is 16.2. The Hall–Kier alpha value is -3.80. The molecule has 3 rings (SSSR count). The van der Waals surface area contributed by atoms with Crippen molar-refractivity contribution in [2.24, 2.45) is 0 Å². The average molecular weight is 431 g/mol. The molecule has 6 N–H and O–H groups in total. The monoisotopic (exact) mass is 430 g/mol. The fourth-order valence-electron chi connectivity index (χ4n) is 3.16. The predicted molar refractivity (Wildman–Crippen MR) is 129 cm³/mol. The van der Waals surface area contributed by atoms with E-state index in [0.717, 1.165) is 16.7 Å². The van der Waals surface area contributed by atoms with Crippen LogP contribution in [0, 0.1) is 0 Å². The van der Waals surface area contributed by atoms with Crippen LogP contribution in [0.4, 0.5) is 11.4 Å². The maximum absolute atomic E-state index is 12.9. The van der Waals surface area contributed by atoms with Gasteiger partial charge in [-0.1, -0.05) is 45.0 Å². The molecule has 6 heteroatoms. The molecule has 3 aromatic carbocycles. The minimum absolute atomic E-state index is 0.223. The minimum atomic E-state index is -0.236. The molecule has 0 fully saturated rings. The molecule has 0 atom stereocenters. The normalized spacial score (nSPS) is 11.1. The van der Waals surface area contributed by atoms with Gasteiger partial charge in [0.25, 0.3) is 11.8 Å². The Morgan fingerprint density at radius 1 is 0.688 bits per heavy atom. The number of carbonyl (C=O) groups is 2. The Balaban J connectivity index is 1.77. The van der Waals surface area contributed by atoms with E-state index in [1.807, 2.05) is 36.4 Å². The number of hydrogen-bond acceptors (Lipinski definition) is 4. The number of benzene rings is 3. The number of hydrogen-bond donors (Lipinski definition) is 4. The van der Waals surface area contributed by atoms with E-state index in [1.54, 1.807) is 30.3 Å². The number of nitrogens with one attached hydrogen (secondary N) is 2. The fourth-order valence-corrected chi connectivity index (χ4v) is 3.16. The Bertz CT molecular complexity index is 1020. The van der Waals surface area contributed by atoms with Crippen molar-refractivity contribution in [2.75, 3.05) is 11.5 Å². The highest BCUT2D eigenvalue weighted by molar-refractivity contribution is 6.00. The van der Waals surface area contributed by atoms with Crippen LogP contribution >= 0.6 is 0 Å². The van der Waals surface area contributed by atoms with Crippen LogP contribution in [0.3, 0.4) is 0 Å². The first-order chi connectivity index (χ1) is 15.1. The molecule has 0 radical (unpaired) electrons. The van der Waals surface area contributed by atoms with E-state index in [9.17, 15) is 9.59 Å². The summed E-state index contributed by atoms with van der Waals surface area (Å²) >= 11 is 0. The van der Waals surface area contributed by atoms with Crippen molar-refractivity contribution < 1.29 is 9.59 Å². The highest BCUT2D eigenvalue weighted by Crippen LogP contribution is 2.25. The first-order valence-corrected chi connectivity index (χ1v) is 10.5. The van der Waals surface area contributed by atoms with Crippen molar-refractivity contribution in [3.63, 3.8) is 0 Å². The van der Waals surface area contributed by atoms with Gasteiger partial charge in [0.2, 0.25) is 0 Å². The van der Waals surface area contributed by atoms with E-state index in [2.05, 4.69) is 31.4 Å². The quantitative estimate of drug-likeness (QED) is 0.443. The van der Waals surface area contributed by atoms with E-state index in [4.69, 9.17) is 11.5 Å². The number of rotatable bonds is 6. The van der Waals surface area contributed by atoms with Gasteiger partial charge >= 0.3 is 0 Å². The summed E-state index contributed by atoms with van der Waals surface area (Å²) in [6.07, 6.45) is 0. The van der Waals surface area contributed by atoms with Crippen LogP contribution in [0.25, 0.3) is 0 Å². The standard InChI is InChI=1S/C26H30N4O2/c1-26(2,3)21-13-19(24(31)29-15-17-4-8-22(27)9-5-17)12-20(14-21)25(32)30-16-18-6-10-23(28)11-7-18/h4-14H,15-16,27-28H2,1-3H3,(H,29,31)(H,30,32). The lowest BCUT2D eigenvalue weighted by molar-refractivity contribution is 0.0950. The van der Waals surface area contributed by atoms with Crippen molar-refractivity contribution in [1.29, 1.82) is 0 Å². The van der Waals surface area contributed by atoms with E-state index < -0.39 is 0 Å². The Morgan fingerprint density at radius 2 is 1.06 bits per heavy atom. The lowest BCUT2D eigenvalue weighted by atomic mass is 9.85. The fraction of sp³-hybridized carbons (Fsp3) is 0.231. The first-order valence-electron chi connectivity index (χ1n) is 10.5. The van der Waals surface area contributed by atoms with Crippen molar-refractivity contribution in [2.45, 2.75) is 39.3 Å². The van der Waals surface area contributed by atoms with Gasteiger partial charge in [-0.05, 0) is 64.6 Å². The number of nitrogens with two attached hydrogens (primary N) is 2. The third-order valence-electron chi connectivity index (χ3n) is 5.19. The number of anilines is 2. The topological polar surface area (TPSA) is 110 Å². The minimum Gasteiger partial charge on any atom is -0.399 e. The number of nitrogen functional groups attached to an aromatic ring is 2. The molecule has 2 amide bonds. The number of amides is 2. The molecule has 166 valence electrons. The van der Waals surface area contributed by atoms with Gasteiger partial charge in [0.05, 0.1) is 0 Å². The average Bonchev–Trinajstić information content (AvgIpc) is 2.77. The smallest absolute Gasteiger partial charge is 0.251 e. The van der Waals surface area contributed by atoms with E-state index in [-0.39, 0.29) is 17.2 Å². The molecule has 0 bridgehead atoms. The summed E-state index contributed by atoms with van der Waals surface area (Å²) in [4.78, 5) is 25.7. The molecule has 0 aliphatic rings. The van der Waals surface area contributed by atoms with Crippen LogP contribution in [0.2, 0.25) is 0 Å². The van der Waals surface area contributed by atoms with Gasteiger partial charge in [-0.2, -0.15) is 0 Å². The summed E-state index contributed by atoms with van der Waals surface area (Å²) in [6, 6.07) is 20.0. The molecule has 6 nitrogen and oxygen atoms in total. The van der Waals surface area contributed by atoms with Gasteiger partial charge in [-0.15, -0.1) is 0 Å². The van der Waals surface area contributed by atoms with Crippen LogP contribution in [0.5, 0.6) is 0 Å². The third kappa shape index (κ3) is 6.11. The summed E-state index contributed by atoms with van der Waals surface area (Å²) < 4.78 is 0. The molecule has 0 saturated heterocycles. The lowest BCUT2D eigenvalue weighted by Crippen LogP contribution is -2.27. The summed E-state index contributed by atoms with van der Waals surface area (Å²) in [5.41, 5.74) is 16.3. The van der Waals surface area contributed by atoms with Crippen LogP contribution in [-0.4, -0.2) is 11.8 Å². The maximum atomic E-state index is 12.9. The molecule has 0 spiro atoms. The molecule has 0 aliphatic carbocycles. The van der Waals surface area contributed by atoms with Crippen molar-refractivity contribution in [1.82, 2.24) is 10.6 Å². The Kier molecular flexibility index (Phi) is 6.83. The van der Waals surface area contributed by atoms with Gasteiger partial charge in [0.1, 0.15) is 0 Å². The molecule has 3 aromatic rings. The van der Waals surface area contributed by atoms with Gasteiger partial charge in [0, 0.05) is 35.6 Å². The van der Waals surface area contributed by atoms with Crippen LogP contribution in [0.1, 0.15) is 58.2 Å². The van der Waals surface area contributed by atoms with Gasteiger partial charge in [0.15, 0.2) is 0 Å². The van der Waals surface area contributed by atoms with Crippen molar-refractivity contribution in [3.05, 3.63) is 94.5 Å². The molecule has 0 heterocycles. The van der Waals surface area contributed by atoms with Crippen LogP contribution < -0.4 is 22.1 Å². The van der Waals surface area contributed by atoms with E-state index in [0.29, 0.717) is 35.6 Å². The van der Waals surface area contributed by atoms with Crippen LogP contribution in [0.15, 0.2) is 66.7 Å². The van der Waals surface area contributed by atoms with Gasteiger partial charge in [-0.25, -0.2) is 0 Å². The predicted octanol–water partition coefficient (Wildman–Crippen LogP) is 4.01. The molecule has 0 aromatic heterocycles. The molecule has 0 aliphatic heterocycles. The highest BCUT2D eigenvalue weighted by Gasteiger charge is 2.20. The van der Waals surface area contributed by atoms with Crippen LogP contribution in [-0.2, 0) is 18.5 Å². The molecule has 32 heavy (non-hydrogen) atoms. The third-order valence-corrected chi connectivity index (χ3v) is 5.19. The maximum Gasteiger partial charge on any atom is 0.251 e. The Morgan fingerprint density at radius 3 is 1.41 bits per heavy atom. The zero-order valence-electron chi connectivity index (χ0n) is 18.7. The second-order valence-corrected chi connectivity index (χ2v) is 8.90. The molecular formula is C26H30N4O2. The second kappa shape index (κ2) is 9.56. The largest absolute Gasteiger partial charge is 0.399 e. The van der Waals surface area contributed by atoms with Crippen molar-refractivity contribution >= 4 is 23.2 Å². The summed E-state index contributed by atoms with van der Waals surface area (Å²) in [7, 11) is 0. The molecule has 0 saturated carbocycles.